The van der Waals surface area contributed by atoms with Crippen LogP contribution in [0.5, 0.6) is 5.75 Å². The van der Waals surface area contributed by atoms with Crippen LogP contribution in [0.2, 0.25) is 5.02 Å². The Morgan fingerprint density at radius 2 is 1.79 bits per heavy atom. The number of methoxy groups -OCH3 is 1. The Labute approximate surface area is 202 Å². The molecule has 0 radical (unpaired) electrons. The van der Waals surface area contributed by atoms with Crippen molar-refractivity contribution in [1.82, 2.24) is 4.98 Å². The van der Waals surface area contributed by atoms with Gasteiger partial charge in [-0.25, -0.2) is 9.37 Å². The molecule has 1 aromatic heterocycles. The number of benzene rings is 3. The third-order valence-corrected chi connectivity index (χ3v) is 6.79. The molecule has 1 atom stereocenters. The van der Waals surface area contributed by atoms with Gasteiger partial charge in [0, 0.05) is 10.6 Å². The Bertz CT molecular complexity index is 1460. The van der Waals surface area contributed by atoms with Crippen molar-refractivity contribution in [1.29, 1.82) is 0 Å². The van der Waals surface area contributed by atoms with Crippen molar-refractivity contribution < 1.29 is 23.8 Å². The van der Waals surface area contributed by atoms with Crippen LogP contribution in [0.1, 0.15) is 17.2 Å². The Balaban J connectivity index is 1.72. The lowest BCUT2D eigenvalue weighted by Crippen LogP contribution is -2.29. The summed E-state index contributed by atoms with van der Waals surface area (Å²) in [6, 6.07) is 16.1. The molecule has 6 nitrogen and oxygen atoms in total. The number of rotatable bonds is 4. The van der Waals surface area contributed by atoms with Gasteiger partial charge in [-0.05, 0) is 60.2 Å². The number of nitrogens with zero attached hydrogens (tertiary/aromatic N) is 2. The minimum atomic E-state index is -0.952. The minimum absolute atomic E-state index is 0.112. The van der Waals surface area contributed by atoms with Crippen molar-refractivity contribution in [2.24, 2.45) is 0 Å². The first-order chi connectivity index (χ1) is 16.4. The van der Waals surface area contributed by atoms with Gasteiger partial charge in [-0.3, -0.25) is 14.5 Å². The van der Waals surface area contributed by atoms with E-state index >= 15 is 0 Å². The van der Waals surface area contributed by atoms with Crippen molar-refractivity contribution in [3.05, 3.63) is 94.3 Å². The normalized spacial score (nSPS) is 17.5. The highest BCUT2D eigenvalue weighted by Gasteiger charge is 2.48. The largest absolute Gasteiger partial charge is 0.507 e. The minimum Gasteiger partial charge on any atom is -0.507 e. The Morgan fingerprint density at radius 3 is 2.47 bits per heavy atom. The van der Waals surface area contributed by atoms with Gasteiger partial charge >= 0.3 is 5.91 Å². The van der Waals surface area contributed by atoms with Crippen molar-refractivity contribution in [2.45, 2.75) is 6.04 Å². The number of fused-ring (bicyclic) bond motifs is 1. The molecular weight excluding hydrogens is 479 g/mol. The molecule has 2 heterocycles. The van der Waals surface area contributed by atoms with E-state index in [0.717, 1.165) is 4.70 Å². The zero-order chi connectivity index (χ0) is 24.0. The molecule has 1 unspecified atom stereocenters. The Hall–Kier alpha value is -3.75. The number of carbonyl (C=O) groups is 2. The summed E-state index contributed by atoms with van der Waals surface area (Å²) in [6.07, 6.45) is 0. The number of ether oxygens (including phenoxy) is 1. The van der Waals surface area contributed by atoms with E-state index in [-0.39, 0.29) is 11.1 Å². The van der Waals surface area contributed by atoms with Gasteiger partial charge in [0.2, 0.25) is 0 Å². The number of carbonyl (C=O) groups excluding carboxylic acids is 2. The van der Waals surface area contributed by atoms with Crippen LogP contribution in [-0.4, -0.2) is 28.9 Å². The van der Waals surface area contributed by atoms with Crippen LogP contribution >= 0.6 is 22.9 Å². The quantitative estimate of drug-likeness (QED) is 0.223. The molecule has 170 valence electrons. The zero-order valence-corrected chi connectivity index (χ0v) is 19.2. The smallest absolute Gasteiger partial charge is 0.301 e. The fourth-order valence-electron chi connectivity index (χ4n) is 3.88. The maximum Gasteiger partial charge on any atom is 0.301 e. The number of ketones is 1. The lowest BCUT2D eigenvalue weighted by Gasteiger charge is -2.23. The summed E-state index contributed by atoms with van der Waals surface area (Å²) in [6.45, 7) is 0. The molecule has 9 heteroatoms. The van der Waals surface area contributed by atoms with Gasteiger partial charge in [0.1, 0.15) is 17.3 Å². The van der Waals surface area contributed by atoms with Gasteiger partial charge in [0.15, 0.2) is 5.13 Å². The van der Waals surface area contributed by atoms with Crippen LogP contribution in [0.15, 0.2) is 72.3 Å². The fraction of sp³-hybridized carbons (Fsp3) is 0.0800. The van der Waals surface area contributed by atoms with Crippen molar-refractivity contribution >= 4 is 55.7 Å². The number of aromatic nitrogens is 1. The Morgan fingerprint density at radius 1 is 1.09 bits per heavy atom. The van der Waals surface area contributed by atoms with Crippen LogP contribution in [0.25, 0.3) is 16.0 Å². The molecule has 0 aliphatic carbocycles. The van der Waals surface area contributed by atoms with E-state index in [1.807, 2.05) is 0 Å². The van der Waals surface area contributed by atoms with Crippen LogP contribution in [0.3, 0.4) is 0 Å². The summed E-state index contributed by atoms with van der Waals surface area (Å²) < 4.78 is 19.4. The number of hydrogen-bond donors (Lipinski definition) is 1. The van der Waals surface area contributed by atoms with E-state index in [1.54, 1.807) is 42.5 Å². The monoisotopic (exact) mass is 494 g/mol. The van der Waals surface area contributed by atoms with Gasteiger partial charge in [-0.1, -0.05) is 35.1 Å². The number of aliphatic hydroxyl groups excluding tert-OH is 1. The standard InChI is InChI=1S/C25H16ClFN2O4S/c1-33-17-9-4-13(5-10-17)21-20(22(30)14-2-7-16(27)8-3-14)23(31)24(32)29(21)25-28-18-11-6-15(26)12-19(18)34-25/h2-12,21,30H,1H3/b22-20+. The highest BCUT2D eigenvalue weighted by molar-refractivity contribution is 7.22. The average Bonchev–Trinajstić information content (AvgIpc) is 3.37. The molecule has 0 spiro atoms. The third-order valence-electron chi connectivity index (χ3n) is 5.54. The summed E-state index contributed by atoms with van der Waals surface area (Å²) in [5, 5.41) is 11.9. The zero-order valence-electron chi connectivity index (χ0n) is 17.7. The third kappa shape index (κ3) is 3.70. The van der Waals surface area contributed by atoms with Crippen molar-refractivity contribution in [3.8, 4) is 5.75 Å². The Kier molecular flexibility index (Phi) is 5.55. The van der Waals surface area contributed by atoms with Crippen LogP contribution in [-0.2, 0) is 9.59 Å². The molecule has 4 aromatic rings. The first kappa shape index (κ1) is 22.1. The van der Waals surface area contributed by atoms with Crippen molar-refractivity contribution in [2.75, 3.05) is 12.0 Å². The first-order valence-corrected chi connectivity index (χ1v) is 11.3. The van der Waals surface area contributed by atoms with E-state index < -0.39 is 29.3 Å². The number of Topliss-reactive ketones (excluding diaryl/α,β-unsaturated/α-hetero) is 1. The number of hydrogen-bond acceptors (Lipinski definition) is 6. The van der Waals surface area contributed by atoms with E-state index in [2.05, 4.69) is 4.98 Å². The molecule has 34 heavy (non-hydrogen) atoms. The van der Waals surface area contributed by atoms with E-state index in [9.17, 15) is 19.1 Å². The van der Waals surface area contributed by atoms with E-state index in [0.29, 0.717) is 27.0 Å². The molecule has 1 aliphatic rings. The molecule has 1 amide bonds. The molecule has 0 saturated carbocycles. The van der Waals surface area contributed by atoms with Crippen molar-refractivity contribution in [3.63, 3.8) is 0 Å². The van der Waals surface area contributed by atoms with E-state index in [1.165, 1.54) is 47.6 Å². The number of thiazole rings is 1. The molecule has 1 N–H and O–H groups in total. The topological polar surface area (TPSA) is 79.7 Å². The number of aliphatic hydroxyl groups is 1. The number of amides is 1. The second-order valence-electron chi connectivity index (χ2n) is 7.56. The summed E-state index contributed by atoms with van der Waals surface area (Å²) in [5.74, 6) is -1.98. The fourth-order valence-corrected chi connectivity index (χ4v) is 5.15. The van der Waals surface area contributed by atoms with Gasteiger partial charge in [0.05, 0.1) is 28.9 Å². The van der Waals surface area contributed by atoms with Gasteiger partial charge in [-0.2, -0.15) is 0 Å². The predicted molar refractivity (Wildman–Crippen MR) is 129 cm³/mol. The second-order valence-corrected chi connectivity index (χ2v) is 9.00. The maximum absolute atomic E-state index is 13.4. The maximum atomic E-state index is 13.4. The lowest BCUT2D eigenvalue weighted by atomic mass is 9.95. The first-order valence-electron chi connectivity index (χ1n) is 10.1. The predicted octanol–water partition coefficient (Wildman–Crippen LogP) is 5.72. The summed E-state index contributed by atoms with van der Waals surface area (Å²) in [4.78, 5) is 32.3. The summed E-state index contributed by atoms with van der Waals surface area (Å²) in [7, 11) is 1.53. The summed E-state index contributed by atoms with van der Waals surface area (Å²) >= 11 is 7.31. The van der Waals surface area contributed by atoms with Gasteiger partial charge < -0.3 is 9.84 Å². The second kappa shape index (κ2) is 8.55. The molecular formula is C25H16ClFN2O4S. The van der Waals surface area contributed by atoms with Crippen LogP contribution in [0, 0.1) is 5.82 Å². The molecule has 3 aromatic carbocycles. The average molecular weight is 495 g/mol. The molecule has 1 aliphatic heterocycles. The van der Waals surface area contributed by atoms with Gasteiger partial charge in [-0.15, -0.1) is 0 Å². The van der Waals surface area contributed by atoms with Crippen LogP contribution < -0.4 is 9.64 Å². The van der Waals surface area contributed by atoms with E-state index in [4.69, 9.17) is 16.3 Å². The number of halogens is 2. The SMILES string of the molecule is COc1ccc(C2/C(=C(\O)c3ccc(F)cc3)C(=O)C(=O)N2c2nc3ccc(Cl)cc3s2)cc1. The highest BCUT2D eigenvalue weighted by Crippen LogP contribution is 2.44. The lowest BCUT2D eigenvalue weighted by molar-refractivity contribution is -0.132. The molecule has 0 bridgehead atoms. The number of anilines is 1. The van der Waals surface area contributed by atoms with Gasteiger partial charge in [0.25, 0.3) is 5.78 Å². The molecule has 1 fully saturated rings. The summed E-state index contributed by atoms with van der Waals surface area (Å²) in [5.41, 5.74) is 1.30. The molecule has 1 saturated heterocycles. The van der Waals surface area contributed by atoms with Crippen LogP contribution in [0.4, 0.5) is 9.52 Å². The highest BCUT2D eigenvalue weighted by atomic mass is 35.5. The molecule has 5 rings (SSSR count).